The van der Waals surface area contributed by atoms with Crippen LogP contribution in [0.15, 0.2) is 83.3 Å². The molecule has 0 atom stereocenters. The lowest BCUT2D eigenvalue weighted by atomic mass is 9.99. The molecule has 1 heterocycles. The van der Waals surface area contributed by atoms with Gasteiger partial charge in [-0.05, 0) is 41.5 Å². The number of benzene rings is 4. The number of furan rings is 1. The van der Waals surface area contributed by atoms with Crippen molar-refractivity contribution in [1.82, 2.24) is 0 Å². The summed E-state index contributed by atoms with van der Waals surface area (Å²) in [5.74, 6) is 0. The number of fused-ring (bicyclic) bond motifs is 4. The fourth-order valence-electron chi connectivity index (χ4n) is 3.81. The van der Waals surface area contributed by atoms with Crippen LogP contribution in [0.4, 0.5) is 11.4 Å². The largest absolute Gasteiger partial charge is 0.454 e. The number of nitrogens with one attached hydrogen (secondary N) is 1. The number of hydrogen-bond acceptors (Lipinski definition) is 2. The lowest BCUT2D eigenvalue weighted by Crippen LogP contribution is -1.89. The van der Waals surface area contributed by atoms with Crippen LogP contribution in [0.1, 0.15) is 12.5 Å². The van der Waals surface area contributed by atoms with E-state index in [0.717, 1.165) is 34.3 Å². The third-order valence-corrected chi connectivity index (χ3v) is 5.02. The smallest absolute Gasteiger partial charge is 0.158 e. The van der Waals surface area contributed by atoms with Crippen LogP contribution in [0.3, 0.4) is 0 Å². The predicted octanol–water partition coefficient (Wildman–Crippen LogP) is 7.05. The second-order valence-electron chi connectivity index (χ2n) is 6.58. The van der Waals surface area contributed by atoms with Crippen molar-refractivity contribution >= 4 is 44.1 Å². The maximum Gasteiger partial charge on any atom is 0.158 e. The lowest BCUT2D eigenvalue weighted by molar-refractivity contribution is 0.665. The minimum Gasteiger partial charge on any atom is -0.454 e. The SMILES string of the molecule is CCc1c2ccccc2cc2c1oc1c(Nc3ccccc3)cccc12. The molecule has 0 fully saturated rings. The van der Waals surface area contributed by atoms with Gasteiger partial charge in [-0.2, -0.15) is 0 Å². The van der Waals surface area contributed by atoms with E-state index in [4.69, 9.17) is 4.42 Å². The van der Waals surface area contributed by atoms with E-state index in [1.807, 2.05) is 18.2 Å². The van der Waals surface area contributed by atoms with Gasteiger partial charge in [0, 0.05) is 22.0 Å². The Bertz CT molecular complexity index is 1240. The number of aryl methyl sites for hydroxylation is 1. The van der Waals surface area contributed by atoms with E-state index in [0.29, 0.717) is 0 Å². The van der Waals surface area contributed by atoms with Crippen molar-refractivity contribution in [2.45, 2.75) is 13.3 Å². The molecule has 4 aromatic carbocycles. The Labute approximate surface area is 152 Å². The second kappa shape index (κ2) is 5.92. The van der Waals surface area contributed by atoms with E-state index in [-0.39, 0.29) is 0 Å². The molecule has 26 heavy (non-hydrogen) atoms. The maximum atomic E-state index is 6.42. The van der Waals surface area contributed by atoms with Gasteiger partial charge in [0.1, 0.15) is 5.58 Å². The van der Waals surface area contributed by atoms with E-state index in [1.165, 1.54) is 21.7 Å². The quantitative estimate of drug-likeness (QED) is 0.382. The van der Waals surface area contributed by atoms with Crippen molar-refractivity contribution in [2.24, 2.45) is 0 Å². The first-order valence-electron chi connectivity index (χ1n) is 9.03. The monoisotopic (exact) mass is 337 g/mol. The van der Waals surface area contributed by atoms with Crippen LogP contribution in [-0.2, 0) is 6.42 Å². The average Bonchev–Trinajstić information content (AvgIpc) is 3.06. The van der Waals surface area contributed by atoms with Crippen LogP contribution in [0.2, 0.25) is 0 Å². The standard InChI is InChI=1S/C24H19NO/c1-2-18-19-12-7-6-9-16(19)15-21-20-13-8-14-22(24(20)26-23(18)21)25-17-10-4-3-5-11-17/h3-15,25H,2H2,1H3. The summed E-state index contributed by atoms with van der Waals surface area (Å²) in [5, 5.41) is 8.38. The zero-order valence-corrected chi connectivity index (χ0v) is 14.6. The van der Waals surface area contributed by atoms with Crippen LogP contribution < -0.4 is 5.32 Å². The van der Waals surface area contributed by atoms with E-state index in [9.17, 15) is 0 Å². The van der Waals surface area contributed by atoms with Gasteiger partial charge in [0.05, 0.1) is 5.69 Å². The fourth-order valence-corrected chi connectivity index (χ4v) is 3.81. The molecule has 5 rings (SSSR count). The van der Waals surface area contributed by atoms with Crippen LogP contribution >= 0.6 is 0 Å². The summed E-state index contributed by atoms with van der Waals surface area (Å²) in [6, 6.07) is 27.3. The highest BCUT2D eigenvalue weighted by Gasteiger charge is 2.15. The second-order valence-corrected chi connectivity index (χ2v) is 6.58. The highest BCUT2D eigenvalue weighted by Crippen LogP contribution is 2.39. The van der Waals surface area contributed by atoms with Gasteiger partial charge in [0.25, 0.3) is 0 Å². The van der Waals surface area contributed by atoms with Crippen LogP contribution in [-0.4, -0.2) is 0 Å². The maximum absolute atomic E-state index is 6.42. The zero-order chi connectivity index (χ0) is 17.5. The molecule has 126 valence electrons. The summed E-state index contributed by atoms with van der Waals surface area (Å²) in [4.78, 5) is 0. The summed E-state index contributed by atoms with van der Waals surface area (Å²) in [6.45, 7) is 2.19. The van der Waals surface area contributed by atoms with Crippen molar-refractivity contribution < 1.29 is 4.42 Å². The Kier molecular flexibility index (Phi) is 3.42. The van der Waals surface area contributed by atoms with Crippen molar-refractivity contribution in [1.29, 1.82) is 0 Å². The predicted molar refractivity (Wildman–Crippen MR) is 110 cm³/mol. The Morgan fingerprint density at radius 2 is 1.50 bits per heavy atom. The molecule has 1 aromatic heterocycles. The Morgan fingerprint density at radius 1 is 0.731 bits per heavy atom. The van der Waals surface area contributed by atoms with E-state index in [2.05, 4.69) is 72.9 Å². The Balaban J connectivity index is 1.81. The van der Waals surface area contributed by atoms with E-state index in [1.54, 1.807) is 0 Å². The molecule has 5 aromatic rings. The Hall–Kier alpha value is -3.26. The molecule has 0 aliphatic carbocycles. The summed E-state index contributed by atoms with van der Waals surface area (Å²) in [6.07, 6.45) is 0.944. The minimum absolute atomic E-state index is 0.913. The van der Waals surface area contributed by atoms with Gasteiger partial charge in [-0.1, -0.05) is 61.5 Å². The summed E-state index contributed by atoms with van der Waals surface area (Å²) in [7, 11) is 0. The summed E-state index contributed by atoms with van der Waals surface area (Å²) < 4.78 is 6.42. The van der Waals surface area contributed by atoms with E-state index >= 15 is 0 Å². The first-order chi connectivity index (χ1) is 12.8. The molecule has 0 radical (unpaired) electrons. The molecule has 0 bridgehead atoms. The average molecular weight is 337 g/mol. The van der Waals surface area contributed by atoms with Crippen molar-refractivity contribution in [3.63, 3.8) is 0 Å². The number of para-hydroxylation sites is 2. The van der Waals surface area contributed by atoms with Gasteiger partial charge in [-0.3, -0.25) is 0 Å². The number of anilines is 2. The third kappa shape index (κ3) is 2.26. The minimum atomic E-state index is 0.913. The van der Waals surface area contributed by atoms with Crippen LogP contribution in [0.25, 0.3) is 32.7 Å². The molecule has 0 aliphatic rings. The molecule has 0 spiro atoms. The molecular formula is C24H19NO. The summed E-state index contributed by atoms with van der Waals surface area (Å²) in [5.41, 5.74) is 5.25. The molecule has 0 saturated heterocycles. The van der Waals surface area contributed by atoms with Crippen LogP contribution in [0.5, 0.6) is 0 Å². The topological polar surface area (TPSA) is 25.2 Å². The highest BCUT2D eigenvalue weighted by atomic mass is 16.3. The van der Waals surface area contributed by atoms with Gasteiger partial charge in [-0.25, -0.2) is 0 Å². The zero-order valence-electron chi connectivity index (χ0n) is 14.6. The van der Waals surface area contributed by atoms with Crippen LogP contribution in [0, 0.1) is 0 Å². The van der Waals surface area contributed by atoms with E-state index < -0.39 is 0 Å². The molecular weight excluding hydrogens is 318 g/mol. The van der Waals surface area contributed by atoms with Crippen molar-refractivity contribution in [3.05, 3.63) is 84.4 Å². The highest BCUT2D eigenvalue weighted by molar-refractivity contribution is 6.14. The number of rotatable bonds is 3. The third-order valence-electron chi connectivity index (χ3n) is 5.02. The molecule has 0 amide bonds. The van der Waals surface area contributed by atoms with Gasteiger partial charge in [-0.15, -0.1) is 0 Å². The molecule has 2 nitrogen and oxygen atoms in total. The van der Waals surface area contributed by atoms with Gasteiger partial charge in [0.2, 0.25) is 0 Å². The molecule has 2 heteroatoms. The molecule has 1 N–H and O–H groups in total. The Morgan fingerprint density at radius 3 is 2.35 bits per heavy atom. The van der Waals surface area contributed by atoms with Crippen molar-refractivity contribution in [3.8, 4) is 0 Å². The van der Waals surface area contributed by atoms with Gasteiger partial charge < -0.3 is 9.73 Å². The molecule has 0 aliphatic heterocycles. The first kappa shape index (κ1) is 15.0. The van der Waals surface area contributed by atoms with Gasteiger partial charge in [0.15, 0.2) is 5.58 Å². The fraction of sp³-hybridized carbons (Fsp3) is 0.0833. The lowest BCUT2D eigenvalue weighted by Gasteiger charge is -2.06. The van der Waals surface area contributed by atoms with Crippen molar-refractivity contribution in [2.75, 3.05) is 5.32 Å². The molecule has 0 saturated carbocycles. The number of hydrogen-bond donors (Lipinski definition) is 1. The normalized spacial score (nSPS) is 11.4. The van der Waals surface area contributed by atoms with Gasteiger partial charge >= 0.3 is 0 Å². The summed E-state index contributed by atoms with van der Waals surface area (Å²) >= 11 is 0. The first-order valence-corrected chi connectivity index (χ1v) is 9.03. The molecule has 0 unspecified atom stereocenters.